The lowest BCUT2D eigenvalue weighted by Crippen LogP contribution is -2.31. The number of carbonyl (C=O) groups is 2. The van der Waals surface area contributed by atoms with Gasteiger partial charge in [0.2, 0.25) is 0 Å². The number of amides is 1. The van der Waals surface area contributed by atoms with Crippen LogP contribution in [0.25, 0.3) is 0 Å². The van der Waals surface area contributed by atoms with E-state index in [0.29, 0.717) is 36.7 Å². The van der Waals surface area contributed by atoms with Crippen molar-refractivity contribution in [1.29, 1.82) is 0 Å². The van der Waals surface area contributed by atoms with E-state index in [9.17, 15) is 9.59 Å². The zero-order chi connectivity index (χ0) is 20.6. The van der Waals surface area contributed by atoms with Gasteiger partial charge < -0.3 is 19.9 Å². The molecule has 28 heavy (non-hydrogen) atoms. The van der Waals surface area contributed by atoms with Gasteiger partial charge in [-0.2, -0.15) is 0 Å². The molecule has 1 heterocycles. The first kappa shape index (κ1) is 21.2. The van der Waals surface area contributed by atoms with Crippen LogP contribution in [0.15, 0.2) is 42.7 Å². The Bertz CT molecular complexity index is 806. The first-order valence-electron chi connectivity index (χ1n) is 9.13. The summed E-state index contributed by atoms with van der Waals surface area (Å²) in [5.74, 6) is -0.171. The largest absolute Gasteiger partial charge is 0.490 e. The number of carbonyl (C=O) groups excluding carboxylic acids is 1. The molecule has 2 rings (SSSR count). The molecule has 0 spiro atoms. The topological polar surface area (TPSA) is 97.8 Å². The van der Waals surface area contributed by atoms with Gasteiger partial charge in [-0.1, -0.05) is 6.07 Å². The predicted octanol–water partition coefficient (Wildman–Crippen LogP) is 3.29. The molecule has 0 bridgehead atoms. The van der Waals surface area contributed by atoms with Gasteiger partial charge >= 0.3 is 5.97 Å². The minimum absolute atomic E-state index is 0.265. The van der Waals surface area contributed by atoms with E-state index in [4.69, 9.17) is 14.6 Å². The number of aromatic nitrogens is 1. The molecule has 1 aromatic heterocycles. The third kappa shape index (κ3) is 5.97. The van der Waals surface area contributed by atoms with Crippen molar-refractivity contribution < 1.29 is 24.2 Å². The Morgan fingerprint density at radius 2 is 1.96 bits per heavy atom. The Hall–Kier alpha value is -3.09. The molecule has 7 nitrogen and oxygen atoms in total. The van der Waals surface area contributed by atoms with Crippen LogP contribution >= 0.6 is 0 Å². The minimum Gasteiger partial charge on any atom is -0.490 e. The molecule has 0 saturated heterocycles. The van der Waals surface area contributed by atoms with Crippen molar-refractivity contribution in [2.45, 2.75) is 33.8 Å². The van der Waals surface area contributed by atoms with Crippen molar-refractivity contribution in [3.8, 4) is 11.5 Å². The Morgan fingerprint density at radius 1 is 1.18 bits per heavy atom. The number of ether oxygens (including phenoxy) is 2. The van der Waals surface area contributed by atoms with Gasteiger partial charge in [-0.15, -0.1) is 0 Å². The highest BCUT2D eigenvalue weighted by atomic mass is 16.5. The van der Waals surface area contributed by atoms with E-state index in [0.717, 1.165) is 5.56 Å². The van der Waals surface area contributed by atoms with Crippen molar-refractivity contribution in [3.05, 3.63) is 53.9 Å². The Balaban J connectivity index is 2.02. The smallest absolute Gasteiger partial charge is 0.309 e. The van der Waals surface area contributed by atoms with Crippen molar-refractivity contribution in [1.82, 2.24) is 10.3 Å². The fourth-order valence-electron chi connectivity index (χ4n) is 2.38. The molecule has 0 unspecified atom stereocenters. The van der Waals surface area contributed by atoms with Gasteiger partial charge in [0, 0.05) is 30.1 Å². The van der Waals surface area contributed by atoms with Crippen molar-refractivity contribution in [2.75, 3.05) is 13.2 Å². The molecule has 0 radical (unpaired) electrons. The summed E-state index contributed by atoms with van der Waals surface area (Å²) in [6, 6.07) is 8.71. The lowest BCUT2D eigenvalue weighted by Gasteiger charge is -2.19. The number of carboxylic acid groups (broad SMARTS) is 1. The van der Waals surface area contributed by atoms with Crippen LogP contribution in [-0.4, -0.2) is 35.1 Å². The van der Waals surface area contributed by atoms with Gasteiger partial charge in [0.1, 0.15) is 6.61 Å². The molecule has 0 aliphatic carbocycles. The SMILES string of the molecule is CCOc1cc(C(=O)NCCC(C)(C)C(=O)O)ccc1OCc1cccnc1. The summed E-state index contributed by atoms with van der Waals surface area (Å²) in [5.41, 5.74) is 0.450. The third-order valence-corrected chi connectivity index (χ3v) is 4.24. The fourth-order valence-corrected chi connectivity index (χ4v) is 2.38. The number of benzene rings is 1. The highest BCUT2D eigenvalue weighted by molar-refractivity contribution is 5.94. The van der Waals surface area contributed by atoms with E-state index >= 15 is 0 Å². The maximum Gasteiger partial charge on any atom is 0.309 e. The van der Waals surface area contributed by atoms with Crippen LogP contribution in [0.5, 0.6) is 11.5 Å². The van der Waals surface area contributed by atoms with Gasteiger partial charge in [-0.25, -0.2) is 0 Å². The van der Waals surface area contributed by atoms with Crippen LogP contribution < -0.4 is 14.8 Å². The molecule has 0 saturated carbocycles. The van der Waals surface area contributed by atoms with E-state index in [1.807, 2.05) is 19.1 Å². The molecule has 0 fully saturated rings. The summed E-state index contributed by atoms with van der Waals surface area (Å²) in [7, 11) is 0. The van der Waals surface area contributed by atoms with Crippen molar-refractivity contribution in [3.63, 3.8) is 0 Å². The quantitative estimate of drug-likeness (QED) is 0.650. The minimum atomic E-state index is -0.895. The Kier molecular flexibility index (Phi) is 7.37. The standard InChI is InChI=1S/C21H26N2O5/c1-4-27-18-12-16(19(24)23-11-9-21(2,3)20(25)26)7-8-17(18)28-14-15-6-5-10-22-13-15/h5-8,10,12-13H,4,9,11,14H2,1-3H3,(H,23,24)(H,25,26). The molecule has 2 aromatic rings. The first-order chi connectivity index (χ1) is 13.3. The number of pyridine rings is 1. The number of carboxylic acids is 1. The third-order valence-electron chi connectivity index (χ3n) is 4.24. The second-order valence-electron chi connectivity index (χ2n) is 6.94. The monoisotopic (exact) mass is 386 g/mol. The highest BCUT2D eigenvalue weighted by Crippen LogP contribution is 2.29. The fraction of sp³-hybridized carbons (Fsp3) is 0.381. The van der Waals surface area contributed by atoms with Crippen LogP contribution in [-0.2, 0) is 11.4 Å². The Morgan fingerprint density at radius 3 is 2.61 bits per heavy atom. The molecular formula is C21H26N2O5. The summed E-state index contributed by atoms with van der Waals surface area (Å²) in [4.78, 5) is 27.6. The lowest BCUT2D eigenvalue weighted by molar-refractivity contribution is -0.147. The molecular weight excluding hydrogens is 360 g/mol. The maximum absolute atomic E-state index is 12.4. The summed E-state index contributed by atoms with van der Waals surface area (Å²) in [6.45, 7) is 6.14. The molecule has 0 aliphatic rings. The van der Waals surface area contributed by atoms with Gasteiger partial charge in [0.05, 0.1) is 12.0 Å². The highest BCUT2D eigenvalue weighted by Gasteiger charge is 2.26. The zero-order valence-electron chi connectivity index (χ0n) is 16.4. The number of nitrogens with one attached hydrogen (secondary N) is 1. The molecule has 0 aliphatic heterocycles. The molecule has 1 aromatic carbocycles. The molecule has 1 amide bonds. The van der Waals surface area contributed by atoms with Crippen molar-refractivity contribution >= 4 is 11.9 Å². The van der Waals surface area contributed by atoms with E-state index in [-0.39, 0.29) is 12.5 Å². The second kappa shape index (κ2) is 9.73. The van der Waals surface area contributed by atoms with Gasteiger partial charge in [-0.05, 0) is 51.5 Å². The van der Waals surface area contributed by atoms with E-state index in [2.05, 4.69) is 10.3 Å². The van der Waals surface area contributed by atoms with Gasteiger partial charge in [-0.3, -0.25) is 14.6 Å². The summed E-state index contributed by atoms with van der Waals surface area (Å²) in [6.07, 6.45) is 3.75. The molecule has 7 heteroatoms. The average Bonchev–Trinajstić information content (AvgIpc) is 2.67. The summed E-state index contributed by atoms with van der Waals surface area (Å²) < 4.78 is 11.4. The van der Waals surface area contributed by atoms with Crippen LogP contribution in [0, 0.1) is 5.41 Å². The number of hydrogen-bond donors (Lipinski definition) is 2. The van der Waals surface area contributed by atoms with Gasteiger partial charge in [0.25, 0.3) is 5.91 Å². The normalized spacial score (nSPS) is 11.0. The Labute approximate surface area is 164 Å². The zero-order valence-corrected chi connectivity index (χ0v) is 16.4. The van der Waals surface area contributed by atoms with Gasteiger partial charge in [0.15, 0.2) is 11.5 Å². The molecule has 2 N–H and O–H groups in total. The van der Waals surface area contributed by atoms with E-state index in [1.165, 1.54) is 0 Å². The van der Waals surface area contributed by atoms with E-state index < -0.39 is 11.4 Å². The van der Waals surface area contributed by atoms with Crippen LogP contribution in [0.3, 0.4) is 0 Å². The molecule has 0 atom stereocenters. The lowest BCUT2D eigenvalue weighted by atomic mass is 9.90. The number of rotatable bonds is 10. The summed E-state index contributed by atoms with van der Waals surface area (Å²) >= 11 is 0. The number of nitrogens with zero attached hydrogens (tertiary/aromatic N) is 1. The van der Waals surface area contributed by atoms with Crippen LogP contribution in [0.1, 0.15) is 43.1 Å². The maximum atomic E-state index is 12.4. The number of aliphatic carboxylic acids is 1. The molecule has 150 valence electrons. The van der Waals surface area contributed by atoms with Crippen LogP contribution in [0.4, 0.5) is 0 Å². The van der Waals surface area contributed by atoms with Crippen molar-refractivity contribution in [2.24, 2.45) is 5.41 Å². The van der Waals surface area contributed by atoms with Crippen LogP contribution in [0.2, 0.25) is 0 Å². The average molecular weight is 386 g/mol. The number of hydrogen-bond acceptors (Lipinski definition) is 5. The first-order valence-corrected chi connectivity index (χ1v) is 9.13. The predicted molar refractivity (Wildman–Crippen MR) is 105 cm³/mol. The van der Waals surface area contributed by atoms with E-state index in [1.54, 1.807) is 44.4 Å². The summed E-state index contributed by atoms with van der Waals surface area (Å²) in [5, 5.41) is 11.9. The second-order valence-corrected chi connectivity index (χ2v) is 6.94.